The summed E-state index contributed by atoms with van der Waals surface area (Å²) in [5.41, 5.74) is 6.02. The molecule has 1 aliphatic rings. The molecule has 0 amide bonds. The SMILES string of the molecule is CC(C)c1nc(C(C)(N)C2CC2)n(C)n1. The standard InChI is InChI=1S/C11H20N4/c1-7(2)9-13-10(15(4)14-9)11(3,12)8-5-6-8/h7-8H,5-6,12H2,1-4H3. The van der Waals surface area contributed by atoms with Crippen LogP contribution in [0.2, 0.25) is 0 Å². The Bertz CT molecular complexity index is 361. The van der Waals surface area contributed by atoms with Crippen molar-refractivity contribution in [2.45, 2.75) is 45.1 Å². The summed E-state index contributed by atoms with van der Waals surface area (Å²) in [5.74, 6) is 2.76. The van der Waals surface area contributed by atoms with Gasteiger partial charge in [-0.05, 0) is 25.7 Å². The zero-order valence-electron chi connectivity index (χ0n) is 9.99. The van der Waals surface area contributed by atoms with Gasteiger partial charge in [0.05, 0.1) is 5.54 Å². The summed E-state index contributed by atoms with van der Waals surface area (Å²) in [4.78, 5) is 4.57. The van der Waals surface area contributed by atoms with E-state index in [2.05, 4.69) is 30.9 Å². The second-order valence-corrected chi connectivity index (χ2v) is 5.13. The summed E-state index contributed by atoms with van der Waals surface area (Å²) >= 11 is 0. The molecule has 0 saturated heterocycles. The van der Waals surface area contributed by atoms with Crippen LogP contribution in [0.4, 0.5) is 0 Å². The van der Waals surface area contributed by atoms with Crippen molar-refractivity contribution in [3.63, 3.8) is 0 Å². The molecule has 2 rings (SSSR count). The van der Waals surface area contributed by atoms with E-state index < -0.39 is 0 Å². The van der Waals surface area contributed by atoms with Crippen LogP contribution in [0.5, 0.6) is 0 Å². The molecular formula is C11H20N4. The van der Waals surface area contributed by atoms with Crippen LogP contribution in [0.1, 0.15) is 51.2 Å². The van der Waals surface area contributed by atoms with Crippen LogP contribution in [0.15, 0.2) is 0 Å². The summed E-state index contributed by atoms with van der Waals surface area (Å²) in [5, 5.41) is 4.41. The first kappa shape index (κ1) is 10.6. The van der Waals surface area contributed by atoms with E-state index in [0.29, 0.717) is 11.8 Å². The third-order valence-electron chi connectivity index (χ3n) is 3.20. The number of aryl methyl sites for hydroxylation is 1. The highest BCUT2D eigenvalue weighted by atomic mass is 15.3. The average Bonchev–Trinajstić information content (AvgIpc) is 2.89. The predicted octanol–water partition coefficient (Wildman–Crippen LogP) is 1.52. The second kappa shape index (κ2) is 3.30. The molecule has 1 atom stereocenters. The molecule has 4 heteroatoms. The van der Waals surface area contributed by atoms with Gasteiger partial charge in [-0.3, -0.25) is 4.68 Å². The Kier molecular flexibility index (Phi) is 2.34. The van der Waals surface area contributed by atoms with Gasteiger partial charge >= 0.3 is 0 Å². The number of hydrogen-bond donors (Lipinski definition) is 1. The van der Waals surface area contributed by atoms with Gasteiger partial charge in [0.2, 0.25) is 0 Å². The average molecular weight is 208 g/mol. The first-order valence-electron chi connectivity index (χ1n) is 5.63. The van der Waals surface area contributed by atoms with E-state index in [9.17, 15) is 0 Å². The van der Waals surface area contributed by atoms with Gasteiger partial charge in [0.15, 0.2) is 5.82 Å². The fraction of sp³-hybridized carbons (Fsp3) is 0.818. The molecule has 1 saturated carbocycles. The van der Waals surface area contributed by atoms with E-state index in [1.165, 1.54) is 12.8 Å². The van der Waals surface area contributed by atoms with Crippen LogP contribution in [0, 0.1) is 5.92 Å². The Hall–Kier alpha value is -0.900. The van der Waals surface area contributed by atoms with Gasteiger partial charge in [-0.2, -0.15) is 5.10 Å². The third kappa shape index (κ3) is 1.78. The van der Waals surface area contributed by atoms with Crippen molar-refractivity contribution in [2.75, 3.05) is 0 Å². The van der Waals surface area contributed by atoms with Crippen molar-refractivity contribution in [2.24, 2.45) is 18.7 Å². The highest BCUT2D eigenvalue weighted by molar-refractivity contribution is 5.12. The van der Waals surface area contributed by atoms with Crippen LogP contribution in [-0.4, -0.2) is 14.8 Å². The van der Waals surface area contributed by atoms with Crippen molar-refractivity contribution < 1.29 is 0 Å². The molecule has 1 aliphatic carbocycles. The fourth-order valence-electron chi connectivity index (χ4n) is 1.98. The van der Waals surface area contributed by atoms with Gasteiger partial charge in [-0.25, -0.2) is 4.98 Å². The van der Waals surface area contributed by atoms with Gasteiger partial charge in [0, 0.05) is 13.0 Å². The maximum atomic E-state index is 6.33. The monoisotopic (exact) mass is 208 g/mol. The minimum Gasteiger partial charge on any atom is -0.319 e. The summed E-state index contributed by atoms with van der Waals surface area (Å²) in [7, 11) is 1.93. The van der Waals surface area contributed by atoms with E-state index in [-0.39, 0.29) is 5.54 Å². The van der Waals surface area contributed by atoms with Crippen molar-refractivity contribution in [3.05, 3.63) is 11.6 Å². The largest absolute Gasteiger partial charge is 0.319 e. The molecule has 15 heavy (non-hydrogen) atoms. The molecule has 0 spiro atoms. The molecule has 1 heterocycles. The van der Waals surface area contributed by atoms with Gasteiger partial charge in [0.1, 0.15) is 5.82 Å². The minimum absolute atomic E-state index is 0.311. The second-order valence-electron chi connectivity index (χ2n) is 5.13. The fourth-order valence-corrected chi connectivity index (χ4v) is 1.98. The quantitative estimate of drug-likeness (QED) is 0.819. The number of aromatic nitrogens is 3. The summed E-state index contributed by atoms with van der Waals surface area (Å²) in [6.45, 7) is 6.27. The third-order valence-corrected chi connectivity index (χ3v) is 3.20. The minimum atomic E-state index is -0.311. The van der Waals surface area contributed by atoms with Crippen molar-refractivity contribution in [1.29, 1.82) is 0 Å². The molecular weight excluding hydrogens is 188 g/mol. The Morgan fingerprint density at radius 3 is 2.47 bits per heavy atom. The first-order valence-corrected chi connectivity index (χ1v) is 5.63. The van der Waals surface area contributed by atoms with Crippen LogP contribution >= 0.6 is 0 Å². The van der Waals surface area contributed by atoms with Gasteiger partial charge in [0.25, 0.3) is 0 Å². The molecule has 0 aliphatic heterocycles. The number of rotatable bonds is 3. The Balaban J connectivity index is 2.34. The lowest BCUT2D eigenvalue weighted by Gasteiger charge is -2.22. The first-order chi connectivity index (χ1) is 6.93. The highest BCUT2D eigenvalue weighted by Crippen LogP contribution is 2.43. The number of hydrogen-bond acceptors (Lipinski definition) is 3. The lowest BCUT2D eigenvalue weighted by atomic mass is 9.96. The van der Waals surface area contributed by atoms with Crippen LogP contribution in [-0.2, 0) is 12.6 Å². The van der Waals surface area contributed by atoms with Crippen LogP contribution in [0.3, 0.4) is 0 Å². The zero-order chi connectivity index (χ0) is 11.2. The maximum Gasteiger partial charge on any atom is 0.153 e. The zero-order valence-corrected chi connectivity index (χ0v) is 9.99. The van der Waals surface area contributed by atoms with Gasteiger partial charge < -0.3 is 5.73 Å². The normalized spacial score (nSPS) is 20.7. The lowest BCUT2D eigenvalue weighted by Crippen LogP contribution is -2.38. The van der Waals surface area contributed by atoms with Crippen molar-refractivity contribution in [3.8, 4) is 0 Å². The summed E-state index contributed by atoms with van der Waals surface area (Å²) in [6.07, 6.45) is 2.44. The summed E-state index contributed by atoms with van der Waals surface area (Å²) < 4.78 is 1.84. The smallest absolute Gasteiger partial charge is 0.153 e. The topological polar surface area (TPSA) is 56.7 Å². The molecule has 84 valence electrons. The van der Waals surface area contributed by atoms with Crippen molar-refractivity contribution in [1.82, 2.24) is 14.8 Å². The van der Waals surface area contributed by atoms with Crippen molar-refractivity contribution >= 4 is 0 Å². The lowest BCUT2D eigenvalue weighted by molar-refractivity contribution is 0.382. The predicted molar refractivity (Wildman–Crippen MR) is 59.4 cm³/mol. The van der Waals surface area contributed by atoms with Crippen LogP contribution in [0.25, 0.3) is 0 Å². The Morgan fingerprint density at radius 2 is 2.07 bits per heavy atom. The van der Waals surface area contributed by atoms with Gasteiger partial charge in [-0.15, -0.1) is 0 Å². The molecule has 2 N–H and O–H groups in total. The molecule has 1 aromatic heterocycles. The Labute approximate surface area is 90.9 Å². The van der Waals surface area contributed by atoms with E-state index >= 15 is 0 Å². The maximum absolute atomic E-state index is 6.33. The molecule has 0 bridgehead atoms. The summed E-state index contributed by atoms with van der Waals surface area (Å²) in [6, 6.07) is 0. The Morgan fingerprint density at radius 1 is 1.47 bits per heavy atom. The van der Waals surface area contributed by atoms with E-state index in [0.717, 1.165) is 11.6 Å². The van der Waals surface area contributed by atoms with Gasteiger partial charge in [-0.1, -0.05) is 13.8 Å². The molecule has 1 fully saturated rings. The number of nitrogens with two attached hydrogens (primary N) is 1. The molecule has 1 unspecified atom stereocenters. The van der Waals surface area contributed by atoms with E-state index in [1.54, 1.807) is 0 Å². The number of nitrogens with zero attached hydrogens (tertiary/aromatic N) is 3. The molecule has 4 nitrogen and oxygen atoms in total. The molecule has 1 aromatic rings. The molecule has 0 aromatic carbocycles. The van der Waals surface area contributed by atoms with Crippen LogP contribution < -0.4 is 5.73 Å². The molecule has 0 radical (unpaired) electrons. The highest BCUT2D eigenvalue weighted by Gasteiger charge is 2.43. The van der Waals surface area contributed by atoms with E-state index in [1.807, 2.05) is 11.7 Å². The van der Waals surface area contributed by atoms with E-state index in [4.69, 9.17) is 5.73 Å².